The smallest absolute Gasteiger partial charge is 0.338 e. The average Bonchev–Trinajstić information content (AvgIpc) is 2.54. The molecule has 23 heavy (non-hydrogen) atoms. The summed E-state index contributed by atoms with van der Waals surface area (Å²) in [4.78, 5) is 23.6. The van der Waals surface area contributed by atoms with Crippen molar-refractivity contribution in [2.75, 3.05) is 11.9 Å². The van der Waals surface area contributed by atoms with Crippen LogP contribution < -0.4 is 5.32 Å². The number of amides is 1. The van der Waals surface area contributed by atoms with Crippen molar-refractivity contribution in [2.45, 2.75) is 13.8 Å². The maximum atomic E-state index is 12.8. The van der Waals surface area contributed by atoms with Gasteiger partial charge in [0.1, 0.15) is 5.82 Å². The summed E-state index contributed by atoms with van der Waals surface area (Å²) in [5, 5.41) is 2.70. The van der Waals surface area contributed by atoms with Crippen LogP contribution in [0.25, 0.3) is 0 Å². The molecule has 0 aromatic heterocycles. The summed E-state index contributed by atoms with van der Waals surface area (Å²) in [7, 11) is 0. The fourth-order valence-electron chi connectivity index (χ4n) is 1.91. The normalized spacial score (nSPS) is 10.3. The first-order chi connectivity index (χ1) is 10.9. The third kappa shape index (κ3) is 4.39. The Hall–Kier alpha value is -2.21. The van der Waals surface area contributed by atoms with Crippen LogP contribution in [0.3, 0.4) is 0 Å². The summed E-state index contributed by atoms with van der Waals surface area (Å²) in [6.45, 7) is 3.41. The number of hydrogen-bond acceptors (Lipinski definition) is 3. The Kier molecular flexibility index (Phi) is 5.50. The molecule has 1 amide bonds. The number of carbonyl (C=O) groups is 2. The number of hydrogen-bond donors (Lipinski definition) is 1. The van der Waals surface area contributed by atoms with E-state index in [1.165, 1.54) is 12.1 Å². The second kappa shape index (κ2) is 7.37. The Morgan fingerprint density at radius 2 is 1.74 bits per heavy atom. The maximum absolute atomic E-state index is 12.8. The molecule has 6 heteroatoms. The molecule has 2 aromatic rings. The highest BCUT2D eigenvalue weighted by Gasteiger charge is 2.12. The van der Waals surface area contributed by atoms with E-state index >= 15 is 0 Å². The number of carbonyl (C=O) groups excluding carboxylic acids is 2. The second-order valence-corrected chi connectivity index (χ2v) is 5.83. The molecule has 0 heterocycles. The third-order valence-electron chi connectivity index (χ3n) is 3.41. The molecule has 120 valence electrons. The van der Waals surface area contributed by atoms with Crippen LogP contribution >= 0.6 is 15.9 Å². The predicted molar refractivity (Wildman–Crippen MR) is 88.9 cm³/mol. The first kappa shape index (κ1) is 17.1. The Balaban J connectivity index is 1.94. The lowest BCUT2D eigenvalue weighted by Crippen LogP contribution is -2.21. The quantitative estimate of drug-likeness (QED) is 0.816. The maximum Gasteiger partial charge on any atom is 0.338 e. The van der Waals surface area contributed by atoms with E-state index < -0.39 is 24.3 Å². The highest BCUT2D eigenvalue weighted by Crippen LogP contribution is 2.25. The minimum absolute atomic E-state index is 0.190. The molecule has 0 aliphatic carbocycles. The molecule has 0 aliphatic rings. The van der Waals surface area contributed by atoms with Crippen LogP contribution in [-0.4, -0.2) is 18.5 Å². The van der Waals surface area contributed by atoms with Gasteiger partial charge in [0.2, 0.25) is 0 Å². The van der Waals surface area contributed by atoms with Crippen molar-refractivity contribution < 1.29 is 18.7 Å². The number of esters is 1. The highest BCUT2D eigenvalue weighted by atomic mass is 79.9. The van der Waals surface area contributed by atoms with Gasteiger partial charge in [0, 0.05) is 10.2 Å². The van der Waals surface area contributed by atoms with E-state index in [1.54, 1.807) is 6.07 Å². The summed E-state index contributed by atoms with van der Waals surface area (Å²) in [5.74, 6) is -1.56. The molecule has 0 saturated carbocycles. The summed E-state index contributed by atoms with van der Waals surface area (Å²) in [5.41, 5.74) is 2.80. The molecular formula is C17H15BrFNO3. The lowest BCUT2D eigenvalue weighted by Gasteiger charge is -2.12. The van der Waals surface area contributed by atoms with E-state index in [4.69, 9.17) is 4.74 Å². The monoisotopic (exact) mass is 379 g/mol. The van der Waals surface area contributed by atoms with E-state index in [0.29, 0.717) is 5.69 Å². The van der Waals surface area contributed by atoms with Crippen molar-refractivity contribution in [3.8, 4) is 0 Å². The summed E-state index contributed by atoms with van der Waals surface area (Å²) in [6, 6.07) is 8.53. The molecule has 2 aromatic carbocycles. The van der Waals surface area contributed by atoms with Crippen molar-refractivity contribution in [2.24, 2.45) is 0 Å². The molecule has 1 N–H and O–H groups in total. The van der Waals surface area contributed by atoms with Gasteiger partial charge in [0.25, 0.3) is 5.91 Å². The minimum atomic E-state index is -0.677. The van der Waals surface area contributed by atoms with Gasteiger partial charge in [-0.25, -0.2) is 9.18 Å². The zero-order valence-electron chi connectivity index (χ0n) is 12.7. The van der Waals surface area contributed by atoms with E-state index in [0.717, 1.165) is 27.7 Å². The standard InChI is InChI=1S/C17H15BrFNO3/c1-10-11(2)15(8-7-14(10)18)20-16(21)9-23-17(22)12-3-5-13(19)6-4-12/h3-8H,9H2,1-2H3,(H,20,21). The average molecular weight is 380 g/mol. The predicted octanol–water partition coefficient (Wildman–Crippen LogP) is 4.00. The number of rotatable bonds is 4. The molecule has 4 nitrogen and oxygen atoms in total. The third-order valence-corrected chi connectivity index (χ3v) is 4.27. The highest BCUT2D eigenvalue weighted by molar-refractivity contribution is 9.10. The molecule has 0 unspecified atom stereocenters. The van der Waals surface area contributed by atoms with E-state index in [1.807, 2.05) is 19.9 Å². The Bertz CT molecular complexity index is 744. The van der Waals surface area contributed by atoms with Gasteiger partial charge in [-0.1, -0.05) is 15.9 Å². The molecule has 0 aliphatic heterocycles. The minimum Gasteiger partial charge on any atom is -0.452 e. The fourth-order valence-corrected chi connectivity index (χ4v) is 2.34. The topological polar surface area (TPSA) is 55.4 Å². The lowest BCUT2D eigenvalue weighted by atomic mass is 10.1. The Morgan fingerprint density at radius 1 is 1.09 bits per heavy atom. The SMILES string of the molecule is Cc1c(Br)ccc(NC(=O)COC(=O)c2ccc(F)cc2)c1C. The van der Waals surface area contributed by atoms with Gasteiger partial charge < -0.3 is 10.1 Å². The van der Waals surface area contributed by atoms with Gasteiger partial charge in [-0.3, -0.25) is 4.79 Å². The molecular weight excluding hydrogens is 365 g/mol. The molecule has 0 radical (unpaired) electrons. The molecule has 0 atom stereocenters. The second-order valence-electron chi connectivity index (χ2n) is 4.98. The van der Waals surface area contributed by atoms with Gasteiger partial charge in [0.05, 0.1) is 5.56 Å². The van der Waals surface area contributed by atoms with Crippen molar-refractivity contribution in [3.05, 3.63) is 63.4 Å². The zero-order chi connectivity index (χ0) is 17.0. The summed E-state index contributed by atoms with van der Waals surface area (Å²) < 4.78 is 18.7. The number of halogens is 2. The first-order valence-electron chi connectivity index (χ1n) is 6.86. The van der Waals surface area contributed by atoms with Crippen LogP contribution in [0.2, 0.25) is 0 Å². The van der Waals surface area contributed by atoms with E-state index in [-0.39, 0.29) is 5.56 Å². The Morgan fingerprint density at radius 3 is 2.39 bits per heavy atom. The first-order valence-corrected chi connectivity index (χ1v) is 7.66. The van der Waals surface area contributed by atoms with Crippen LogP contribution in [-0.2, 0) is 9.53 Å². The summed E-state index contributed by atoms with van der Waals surface area (Å²) in [6.07, 6.45) is 0. The van der Waals surface area contributed by atoms with Crippen LogP contribution in [0.4, 0.5) is 10.1 Å². The van der Waals surface area contributed by atoms with Crippen LogP contribution in [0, 0.1) is 19.7 Å². The molecule has 0 bridgehead atoms. The largest absolute Gasteiger partial charge is 0.452 e. The molecule has 0 fully saturated rings. The molecule has 0 saturated heterocycles. The molecule has 2 rings (SSSR count). The van der Waals surface area contributed by atoms with Gasteiger partial charge in [-0.05, 0) is 61.4 Å². The lowest BCUT2D eigenvalue weighted by molar-refractivity contribution is -0.119. The Labute approximate surface area is 141 Å². The summed E-state index contributed by atoms with van der Waals surface area (Å²) >= 11 is 3.42. The number of anilines is 1. The molecule has 0 spiro atoms. The number of nitrogens with one attached hydrogen (secondary N) is 1. The van der Waals surface area contributed by atoms with Crippen molar-refractivity contribution in [3.63, 3.8) is 0 Å². The fraction of sp³-hybridized carbons (Fsp3) is 0.176. The van der Waals surface area contributed by atoms with Crippen molar-refractivity contribution in [1.29, 1.82) is 0 Å². The van der Waals surface area contributed by atoms with Crippen LogP contribution in [0.5, 0.6) is 0 Å². The van der Waals surface area contributed by atoms with Crippen LogP contribution in [0.15, 0.2) is 40.9 Å². The van der Waals surface area contributed by atoms with Crippen LogP contribution in [0.1, 0.15) is 21.5 Å². The van der Waals surface area contributed by atoms with Gasteiger partial charge in [0.15, 0.2) is 6.61 Å². The van der Waals surface area contributed by atoms with Crippen molar-refractivity contribution in [1.82, 2.24) is 0 Å². The zero-order valence-corrected chi connectivity index (χ0v) is 14.2. The van der Waals surface area contributed by atoms with E-state index in [2.05, 4.69) is 21.2 Å². The van der Waals surface area contributed by atoms with Gasteiger partial charge >= 0.3 is 5.97 Å². The number of benzene rings is 2. The van der Waals surface area contributed by atoms with Gasteiger partial charge in [-0.2, -0.15) is 0 Å². The van der Waals surface area contributed by atoms with E-state index in [9.17, 15) is 14.0 Å². The van der Waals surface area contributed by atoms with Crippen molar-refractivity contribution >= 4 is 33.5 Å². The van der Waals surface area contributed by atoms with Gasteiger partial charge in [-0.15, -0.1) is 0 Å². The number of ether oxygens (including phenoxy) is 1.